The minimum atomic E-state index is -3.61. The van der Waals surface area contributed by atoms with Gasteiger partial charge < -0.3 is 4.52 Å². The summed E-state index contributed by atoms with van der Waals surface area (Å²) in [6, 6.07) is 11.9. The average molecular weight is 437 g/mol. The van der Waals surface area contributed by atoms with E-state index >= 15 is 0 Å². The summed E-state index contributed by atoms with van der Waals surface area (Å²) in [5, 5.41) is 3.91. The van der Waals surface area contributed by atoms with E-state index in [0.29, 0.717) is 17.4 Å². The minimum absolute atomic E-state index is 0.151. The van der Waals surface area contributed by atoms with Gasteiger partial charge in [-0.15, -0.1) is 0 Å². The Morgan fingerprint density at radius 2 is 1.88 bits per heavy atom. The van der Waals surface area contributed by atoms with Crippen LogP contribution in [0.1, 0.15) is 29.7 Å². The highest BCUT2D eigenvalue weighted by Gasteiger charge is 2.43. The largest absolute Gasteiger partial charge is 0.339 e. The van der Waals surface area contributed by atoms with Crippen molar-refractivity contribution in [2.75, 3.05) is 6.26 Å². The Kier molecular flexibility index (Phi) is 4.19. The molecular weight excluding hydrogens is 423 g/mol. The van der Waals surface area contributed by atoms with E-state index in [2.05, 4.69) is 38.2 Å². The second-order valence-corrected chi connectivity index (χ2v) is 9.27. The van der Waals surface area contributed by atoms with E-state index in [-0.39, 0.29) is 16.6 Å². The van der Waals surface area contributed by atoms with E-state index < -0.39 is 15.7 Å². The van der Waals surface area contributed by atoms with Gasteiger partial charge in [0, 0.05) is 22.2 Å². The summed E-state index contributed by atoms with van der Waals surface area (Å²) in [5.74, 6) is 0.426. The van der Waals surface area contributed by atoms with Gasteiger partial charge in [0.15, 0.2) is 9.84 Å². The second kappa shape index (κ2) is 6.28. The lowest BCUT2D eigenvalue weighted by Crippen LogP contribution is -2.00. The molecule has 1 aliphatic rings. The zero-order valence-electron chi connectivity index (χ0n) is 13.7. The Balaban J connectivity index is 1.56. The van der Waals surface area contributed by atoms with Crippen molar-refractivity contribution in [3.63, 3.8) is 0 Å². The SMILES string of the molecule is CS(=O)(=O)c1ccc(-c2noc([C@@H]3C[C@H]3c3ccc(Br)cc3)n2)cc1F. The molecule has 0 saturated heterocycles. The van der Waals surface area contributed by atoms with Crippen molar-refractivity contribution in [1.29, 1.82) is 0 Å². The van der Waals surface area contributed by atoms with Crippen LogP contribution in [-0.2, 0) is 9.84 Å². The average Bonchev–Trinajstić information content (AvgIpc) is 3.22. The van der Waals surface area contributed by atoms with Crippen molar-refractivity contribution in [2.24, 2.45) is 0 Å². The van der Waals surface area contributed by atoms with E-state index in [1.54, 1.807) is 0 Å². The lowest BCUT2D eigenvalue weighted by atomic mass is 10.1. The van der Waals surface area contributed by atoms with E-state index in [4.69, 9.17) is 4.52 Å². The van der Waals surface area contributed by atoms with Crippen LogP contribution in [0.4, 0.5) is 4.39 Å². The van der Waals surface area contributed by atoms with Gasteiger partial charge in [-0.1, -0.05) is 33.2 Å². The standard InChI is InChI=1S/C18H14BrFN2O3S/c1-26(23,24)16-7-4-11(8-15(16)20)17-21-18(25-22-17)14-9-13(14)10-2-5-12(19)6-3-10/h2-8,13-14H,9H2,1H3/t13-,14+/m0/s1. The first-order valence-corrected chi connectivity index (χ1v) is 10.6. The van der Waals surface area contributed by atoms with Crippen LogP contribution in [0.5, 0.6) is 0 Å². The highest BCUT2D eigenvalue weighted by Crippen LogP contribution is 2.54. The molecule has 3 aromatic rings. The molecule has 0 radical (unpaired) electrons. The fourth-order valence-electron chi connectivity index (χ4n) is 2.99. The summed E-state index contributed by atoms with van der Waals surface area (Å²) in [6.45, 7) is 0. The number of hydrogen-bond acceptors (Lipinski definition) is 5. The van der Waals surface area contributed by atoms with Gasteiger partial charge in [0.05, 0.1) is 0 Å². The first-order chi connectivity index (χ1) is 12.3. The molecule has 2 aromatic carbocycles. The van der Waals surface area contributed by atoms with Gasteiger partial charge in [-0.3, -0.25) is 0 Å². The van der Waals surface area contributed by atoms with Crippen LogP contribution in [0, 0.1) is 5.82 Å². The quantitative estimate of drug-likeness (QED) is 0.608. The van der Waals surface area contributed by atoms with Gasteiger partial charge in [0.2, 0.25) is 11.7 Å². The molecule has 0 N–H and O–H groups in total. The zero-order chi connectivity index (χ0) is 18.5. The lowest BCUT2D eigenvalue weighted by Gasteiger charge is -2.01. The highest BCUT2D eigenvalue weighted by atomic mass is 79.9. The number of hydrogen-bond donors (Lipinski definition) is 0. The molecule has 0 bridgehead atoms. The van der Waals surface area contributed by atoms with E-state index in [1.807, 2.05) is 12.1 Å². The van der Waals surface area contributed by atoms with Crippen LogP contribution < -0.4 is 0 Å². The van der Waals surface area contributed by atoms with E-state index in [0.717, 1.165) is 23.2 Å². The minimum Gasteiger partial charge on any atom is -0.339 e. The molecule has 1 heterocycles. The summed E-state index contributed by atoms with van der Waals surface area (Å²) < 4.78 is 43.4. The van der Waals surface area contributed by atoms with Crippen LogP contribution in [-0.4, -0.2) is 24.8 Å². The van der Waals surface area contributed by atoms with Gasteiger partial charge >= 0.3 is 0 Å². The van der Waals surface area contributed by atoms with Gasteiger partial charge in [-0.2, -0.15) is 4.98 Å². The molecule has 1 saturated carbocycles. The maximum Gasteiger partial charge on any atom is 0.230 e. The molecule has 2 atom stereocenters. The van der Waals surface area contributed by atoms with E-state index in [9.17, 15) is 12.8 Å². The Morgan fingerprint density at radius 1 is 1.15 bits per heavy atom. The molecule has 134 valence electrons. The summed E-state index contributed by atoms with van der Waals surface area (Å²) in [5.41, 5.74) is 1.59. The van der Waals surface area contributed by atoms with Crippen LogP contribution in [0.25, 0.3) is 11.4 Å². The predicted octanol–water partition coefficient (Wildman–Crippen LogP) is 4.31. The molecule has 26 heavy (non-hydrogen) atoms. The molecule has 1 aliphatic carbocycles. The molecule has 0 amide bonds. The van der Waals surface area contributed by atoms with Crippen LogP contribution in [0.3, 0.4) is 0 Å². The zero-order valence-corrected chi connectivity index (χ0v) is 16.1. The third-order valence-corrected chi connectivity index (χ3v) is 6.10. The fraction of sp³-hybridized carbons (Fsp3) is 0.222. The summed E-state index contributed by atoms with van der Waals surface area (Å²) >= 11 is 3.42. The molecular formula is C18H14BrFN2O3S. The Bertz CT molecular complexity index is 1080. The Morgan fingerprint density at radius 3 is 2.54 bits per heavy atom. The van der Waals surface area contributed by atoms with Gasteiger partial charge in [-0.05, 0) is 48.2 Å². The van der Waals surface area contributed by atoms with Crippen molar-refractivity contribution in [2.45, 2.75) is 23.2 Å². The molecule has 0 spiro atoms. The molecule has 1 fully saturated rings. The highest BCUT2D eigenvalue weighted by molar-refractivity contribution is 9.10. The van der Waals surface area contributed by atoms with Crippen molar-refractivity contribution < 1.29 is 17.3 Å². The molecule has 4 rings (SSSR count). The number of nitrogens with zero attached hydrogens (tertiary/aromatic N) is 2. The van der Waals surface area contributed by atoms with Crippen LogP contribution >= 0.6 is 15.9 Å². The summed E-state index contributed by atoms with van der Waals surface area (Å²) in [7, 11) is -3.61. The summed E-state index contributed by atoms with van der Waals surface area (Å²) in [4.78, 5) is 4.02. The van der Waals surface area contributed by atoms with E-state index in [1.165, 1.54) is 17.7 Å². The topological polar surface area (TPSA) is 73.1 Å². The Labute approximate surface area is 158 Å². The molecule has 8 heteroatoms. The Hall–Kier alpha value is -2.06. The number of halogens is 2. The molecule has 1 aromatic heterocycles. The first kappa shape index (κ1) is 17.4. The van der Waals surface area contributed by atoms with Gasteiger partial charge in [0.25, 0.3) is 0 Å². The van der Waals surface area contributed by atoms with Crippen molar-refractivity contribution in [1.82, 2.24) is 10.1 Å². The lowest BCUT2D eigenvalue weighted by molar-refractivity contribution is 0.378. The third kappa shape index (κ3) is 3.31. The van der Waals surface area contributed by atoms with Gasteiger partial charge in [0.1, 0.15) is 10.7 Å². The predicted molar refractivity (Wildman–Crippen MR) is 97.0 cm³/mol. The smallest absolute Gasteiger partial charge is 0.230 e. The number of sulfone groups is 1. The number of rotatable bonds is 4. The van der Waals surface area contributed by atoms with Crippen LogP contribution in [0.15, 0.2) is 56.4 Å². The van der Waals surface area contributed by atoms with Crippen molar-refractivity contribution >= 4 is 25.8 Å². The van der Waals surface area contributed by atoms with Crippen LogP contribution in [0.2, 0.25) is 0 Å². The monoisotopic (exact) mass is 436 g/mol. The number of benzene rings is 2. The molecule has 0 unspecified atom stereocenters. The molecule has 5 nitrogen and oxygen atoms in total. The summed E-state index contributed by atoms with van der Waals surface area (Å²) in [6.07, 6.45) is 1.89. The van der Waals surface area contributed by atoms with Crippen molar-refractivity contribution in [3.05, 3.63) is 64.2 Å². The first-order valence-electron chi connectivity index (χ1n) is 7.92. The molecule has 0 aliphatic heterocycles. The fourth-order valence-corrected chi connectivity index (χ4v) is 3.98. The number of aromatic nitrogens is 2. The maximum atomic E-state index is 14.1. The van der Waals surface area contributed by atoms with Gasteiger partial charge in [-0.25, -0.2) is 12.8 Å². The van der Waals surface area contributed by atoms with Crippen molar-refractivity contribution in [3.8, 4) is 11.4 Å². The third-order valence-electron chi connectivity index (χ3n) is 4.44. The second-order valence-electron chi connectivity index (χ2n) is 6.37. The normalized spacial score (nSPS) is 19.5. The maximum absolute atomic E-state index is 14.1.